The fourth-order valence-corrected chi connectivity index (χ4v) is 4.30. The molecule has 26 heavy (non-hydrogen) atoms. The van der Waals surface area contributed by atoms with Gasteiger partial charge in [0.25, 0.3) is 5.91 Å². The predicted molar refractivity (Wildman–Crippen MR) is 113 cm³/mol. The number of carbonyl (C=O) groups is 1. The van der Waals surface area contributed by atoms with Crippen molar-refractivity contribution < 1.29 is 4.79 Å². The molecule has 8 heteroatoms. The van der Waals surface area contributed by atoms with Crippen molar-refractivity contribution in [3.63, 3.8) is 0 Å². The Kier molecular flexibility index (Phi) is 9.10. The summed E-state index contributed by atoms with van der Waals surface area (Å²) in [4.78, 5) is 19.4. The number of halogens is 2. The number of nitrogens with zero attached hydrogens (tertiary/aromatic N) is 3. The lowest BCUT2D eigenvalue weighted by atomic mass is 9.93. The zero-order valence-corrected chi connectivity index (χ0v) is 18.0. The highest BCUT2D eigenvalue weighted by molar-refractivity contribution is 7.12. The number of hydrogen-bond acceptors (Lipinski definition) is 4. The number of aryl methyl sites for hydroxylation is 1. The second-order valence-corrected chi connectivity index (χ2v) is 7.44. The number of aromatic nitrogens is 2. The Labute approximate surface area is 172 Å². The van der Waals surface area contributed by atoms with Crippen LogP contribution in [0.2, 0.25) is 0 Å². The van der Waals surface area contributed by atoms with E-state index in [1.54, 1.807) is 17.5 Å². The minimum absolute atomic E-state index is 0. The molecule has 0 radical (unpaired) electrons. The molecule has 1 aliphatic rings. The molecule has 1 fully saturated rings. The van der Waals surface area contributed by atoms with Crippen molar-refractivity contribution >= 4 is 42.1 Å². The van der Waals surface area contributed by atoms with Gasteiger partial charge < -0.3 is 10.2 Å². The van der Waals surface area contributed by atoms with Gasteiger partial charge in [0.2, 0.25) is 0 Å². The van der Waals surface area contributed by atoms with Crippen LogP contribution in [0.3, 0.4) is 0 Å². The van der Waals surface area contributed by atoms with E-state index in [4.69, 9.17) is 0 Å². The largest absolute Gasteiger partial charge is 0.339 e. The minimum atomic E-state index is 0. The number of thiazole rings is 1. The van der Waals surface area contributed by atoms with Gasteiger partial charge in [0.15, 0.2) is 5.13 Å². The van der Waals surface area contributed by atoms with Crippen molar-refractivity contribution in [3.8, 4) is 5.13 Å². The van der Waals surface area contributed by atoms with E-state index in [1.165, 1.54) is 6.42 Å². The van der Waals surface area contributed by atoms with Gasteiger partial charge in [-0.25, -0.2) is 4.98 Å². The number of carbonyl (C=O) groups excluding carboxylic acids is 1. The monoisotopic (exact) mass is 418 g/mol. The minimum Gasteiger partial charge on any atom is -0.339 e. The van der Waals surface area contributed by atoms with E-state index < -0.39 is 0 Å². The molecule has 1 saturated heterocycles. The topological polar surface area (TPSA) is 50.2 Å². The van der Waals surface area contributed by atoms with E-state index >= 15 is 0 Å². The Morgan fingerprint density at radius 1 is 1.31 bits per heavy atom. The zero-order chi connectivity index (χ0) is 17.1. The summed E-state index contributed by atoms with van der Waals surface area (Å²) in [5.74, 6) is 0.905. The summed E-state index contributed by atoms with van der Waals surface area (Å²) in [6.45, 7) is 6.85. The highest BCUT2D eigenvalue weighted by Gasteiger charge is 2.26. The third-order valence-corrected chi connectivity index (χ3v) is 5.73. The van der Waals surface area contributed by atoms with Crippen LogP contribution in [0, 0.1) is 19.8 Å². The van der Waals surface area contributed by atoms with Crippen molar-refractivity contribution in [3.05, 3.63) is 34.6 Å². The molecule has 2 aromatic rings. The molecular formula is C18H28Cl2N4OS. The molecule has 0 saturated carbocycles. The molecular weight excluding hydrogens is 391 g/mol. The van der Waals surface area contributed by atoms with E-state index in [9.17, 15) is 4.79 Å². The van der Waals surface area contributed by atoms with Crippen LogP contribution >= 0.6 is 36.2 Å². The van der Waals surface area contributed by atoms with Crippen LogP contribution in [-0.4, -0.2) is 47.0 Å². The molecule has 2 aromatic heterocycles. The fraction of sp³-hybridized carbons (Fsp3) is 0.556. The molecule has 1 amide bonds. The molecule has 3 heterocycles. The molecule has 0 aromatic carbocycles. The standard InChI is InChI=1S/C18H26N4OS.2ClH/c1-13-12-16(14(2)22(13)18-20-8-11-24-18)17(23)21-9-5-15(6-10-21)4-7-19-3;;/h8,11-12,15,19H,4-7,9-10H2,1-3H3;2*1H. The molecule has 1 aliphatic heterocycles. The first-order valence-corrected chi connectivity index (χ1v) is 9.52. The number of rotatable bonds is 5. The summed E-state index contributed by atoms with van der Waals surface area (Å²) in [6.07, 6.45) is 5.23. The molecule has 0 atom stereocenters. The van der Waals surface area contributed by atoms with Gasteiger partial charge in [0, 0.05) is 36.1 Å². The quantitative estimate of drug-likeness (QED) is 0.801. The second kappa shape index (κ2) is 10.3. The van der Waals surface area contributed by atoms with Crippen molar-refractivity contribution in [1.82, 2.24) is 19.8 Å². The van der Waals surface area contributed by atoms with Gasteiger partial charge in [-0.2, -0.15) is 0 Å². The van der Waals surface area contributed by atoms with Crippen molar-refractivity contribution in [2.75, 3.05) is 26.7 Å². The van der Waals surface area contributed by atoms with Gasteiger partial charge in [-0.3, -0.25) is 9.36 Å². The van der Waals surface area contributed by atoms with Crippen LogP contribution in [0.25, 0.3) is 5.13 Å². The zero-order valence-electron chi connectivity index (χ0n) is 15.5. The van der Waals surface area contributed by atoms with E-state index in [0.717, 1.165) is 60.5 Å². The predicted octanol–water partition coefficient (Wildman–Crippen LogP) is 3.86. The Hall–Kier alpha value is -1.08. The summed E-state index contributed by atoms with van der Waals surface area (Å²) in [7, 11) is 2.00. The van der Waals surface area contributed by atoms with Gasteiger partial charge in [-0.1, -0.05) is 0 Å². The fourth-order valence-electron chi connectivity index (χ4n) is 3.54. The summed E-state index contributed by atoms with van der Waals surface area (Å²) in [6, 6.07) is 2.01. The Bertz CT molecular complexity index is 694. The molecule has 146 valence electrons. The van der Waals surface area contributed by atoms with Crippen molar-refractivity contribution in [1.29, 1.82) is 0 Å². The average molecular weight is 419 g/mol. The van der Waals surface area contributed by atoms with Crippen LogP contribution in [-0.2, 0) is 0 Å². The molecule has 0 spiro atoms. The molecule has 5 nitrogen and oxygen atoms in total. The van der Waals surface area contributed by atoms with Crippen LogP contribution < -0.4 is 5.32 Å². The highest BCUT2D eigenvalue weighted by atomic mass is 35.5. The van der Waals surface area contributed by atoms with E-state index in [1.807, 2.05) is 37.2 Å². The summed E-state index contributed by atoms with van der Waals surface area (Å²) >= 11 is 1.59. The second-order valence-electron chi connectivity index (χ2n) is 6.56. The number of hydrogen-bond donors (Lipinski definition) is 1. The third-order valence-electron chi connectivity index (χ3n) is 4.98. The lowest BCUT2D eigenvalue weighted by Gasteiger charge is -2.32. The number of piperidine rings is 1. The van der Waals surface area contributed by atoms with Crippen molar-refractivity contribution in [2.45, 2.75) is 33.1 Å². The lowest BCUT2D eigenvalue weighted by Crippen LogP contribution is -2.39. The average Bonchev–Trinajstić information content (AvgIpc) is 3.20. The molecule has 1 N–H and O–H groups in total. The van der Waals surface area contributed by atoms with Gasteiger partial charge in [-0.15, -0.1) is 36.2 Å². The molecule has 0 bridgehead atoms. The first-order chi connectivity index (χ1) is 11.6. The maximum Gasteiger partial charge on any atom is 0.255 e. The number of nitrogens with one attached hydrogen (secondary N) is 1. The Morgan fingerprint density at radius 3 is 2.58 bits per heavy atom. The SMILES string of the molecule is CNCCC1CCN(C(=O)c2cc(C)n(-c3nccs3)c2C)CC1.Cl.Cl. The lowest BCUT2D eigenvalue weighted by molar-refractivity contribution is 0.0686. The van der Waals surface area contributed by atoms with Crippen LogP contribution in [0.15, 0.2) is 17.6 Å². The van der Waals surface area contributed by atoms with Gasteiger partial charge >= 0.3 is 0 Å². The first-order valence-electron chi connectivity index (χ1n) is 8.64. The first kappa shape index (κ1) is 23.0. The number of likely N-dealkylation sites (tertiary alicyclic amines) is 1. The third kappa shape index (κ3) is 4.80. The smallest absolute Gasteiger partial charge is 0.255 e. The van der Waals surface area contributed by atoms with Gasteiger partial charge in [0.1, 0.15) is 0 Å². The van der Waals surface area contributed by atoms with Crippen LogP contribution in [0.1, 0.15) is 41.0 Å². The number of amides is 1. The molecule has 0 unspecified atom stereocenters. The van der Waals surface area contributed by atoms with E-state index in [0.29, 0.717) is 0 Å². The normalized spacial score (nSPS) is 14.7. The van der Waals surface area contributed by atoms with Crippen LogP contribution in [0.5, 0.6) is 0 Å². The van der Waals surface area contributed by atoms with Gasteiger partial charge in [-0.05, 0) is 58.7 Å². The Morgan fingerprint density at radius 2 is 2.00 bits per heavy atom. The summed E-state index contributed by atoms with van der Waals surface area (Å²) < 4.78 is 2.08. The molecule has 3 rings (SSSR count). The summed E-state index contributed by atoms with van der Waals surface area (Å²) in [5.41, 5.74) is 2.87. The van der Waals surface area contributed by atoms with Crippen LogP contribution in [0.4, 0.5) is 0 Å². The maximum absolute atomic E-state index is 13.0. The molecule has 0 aliphatic carbocycles. The van der Waals surface area contributed by atoms with E-state index in [2.05, 4.69) is 14.9 Å². The Balaban J connectivity index is 0.00000169. The summed E-state index contributed by atoms with van der Waals surface area (Å²) in [5, 5.41) is 6.11. The highest BCUT2D eigenvalue weighted by Crippen LogP contribution is 2.26. The van der Waals surface area contributed by atoms with Crippen molar-refractivity contribution in [2.24, 2.45) is 5.92 Å². The van der Waals surface area contributed by atoms with Gasteiger partial charge in [0.05, 0.1) is 5.56 Å². The maximum atomic E-state index is 13.0. The van der Waals surface area contributed by atoms with E-state index in [-0.39, 0.29) is 30.7 Å².